The van der Waals surface area contributed by atoms with Crippen LogP contribution in [0, 0.1) is 0 Å². The highest BCUT2D eigenvalue weighted by Crippen LogP contribution is 2.35. The lowest BCUT2D eigenvalue weighted by molar-refractivity contribution is -0.137. The molecule has 4 rings (SSSR count). The number of benzene rings is 1. The van der Waals surface area contributed by atoms with Crippen LogP contribution in [0.3, 0.4) is 0 Å². The zero-order chi connectivity index (χ0) is 22.3. The monoisotopic (exact) mass is 453 g/mol. The first-order chi connectivity index (χ1) is 14.7. The molecule has 0 spiro atoms. The van der Waals surface area contributed by atoms with Gasteiger partial charge in [0.1, 0.15) is 17.8 Å². The molecule has 0 aliphatic carbocycles. The highest BCUT2D eigenvalue weighted by molar-refractivity contribution is 6.33. The van der Waals surface area contributed by atoms with Crippen molar-refractivity contribution in [1.29, 1.82) is 0 Å². The molecule has 0 saturated heterocycles. The maximum Gasteiger partial charge on any atom is 0.416 e. The van der Waals surface area contributed by atoms with Crippen molar-refractivity contribution in [2.24, 2.45) is 0 Å². The predicted molar refractivity (Wildman–Crippen MR) is 99.7 cm³/mol. The molecule has 0 radical (unpaired) electrons. The van der Waals surface area contributed by atoms with E-state index in [1.807, 2.05) is 0 Å². The third-order valence-corrected chi connectivity index (χ3v) is 4.67. The summed E-state index contributed by atoms with van der Waals surface area (Å²) in [5.41, 5.74) is -1.20. The van der Waals surface area contributed by atoms with Crippen molar-refractivity contribution in [1.82, 2.24) is 24.9 Å². The van der Waals surface area contributed by atoms with E-state index in [2.05, 4.69) is 20.3 Å². The van der Waals surface area contributed by atoms with Gasteiger partial charge in [-0.05, 0) is 18.2 Å². The fourth-order valence-electron chi connectivity index (χ4n) is 2.90. The predicted octanol–water partition coefficient (Wildman–Crippen LogP) is 3.23. The Morgan fingerprint density at radius 1 is 1.29 bits per heavy atom. The van der Waals surface area contributed by atoms with Crippen molar-refractivity contribution < 1.29 is 27.2 Å². The number of hydrogen-bond acceptors (Lipinski definition) is 7. The number of carbonyl (C=O) groups excluding carboxylic acids is 1. The quantitative estimate of drug-likeness (QED) is 0.471. The molecule has 0 amide bonds. The highest BCUT2D eigenvalue weighted by Gasteiger charge is 2.31. The average molecular weight is 454 g/mol. The van der Waals surface area contributed by atoms with E-state index >= 15 is 0 Å². The first kappa shape index (κ1) is 20.6. The number of hydrogen-bond donors (Lipinski definition) is 1. The van der Waals surface area contributed by atoms with Crippen LogP contribution in [0.15, 0.2) is 39.9 Å². The number of esters is 1. The number of nitrogens with one attached hydrogen (secondary N) is 1. The number of aromatic nitrogens is 5. The van der Waals surface area contributed by atoms with Crippen LogP contribution >= 0.6 is 11.6 Å². The number of halogens is 4. The molecular weight excluding hydrogens is 443 g/mol. The van der Waals surface area contributed by atoms with Crippen molar-refractivity contribution in [2.75, 3.05) is 7.11 Å². The van der Waals surface area contributed by atoms with E-state index in [-0.39, 0.29) is 45.7 Å². The van der Waals surface area contributed by atoms with Gasteiger partial charge in [0.2, 0.25) is 11.7 Å². The first-order valence-electron chi connectivity index (χ1n) is 8.53. The molecule has 0 atom stereocenters. The number of H-pyrrole nitrogens is 1. The number of ether oxygens (including phenoxy) is 1. The highest BCUT2D eigenvalue weighted by atomic mass is 35.5. The first-order valence-corrected chi connectivity index (χ1v) is 8.91. The molecule has 0 fully saturated rings. The maximum atomic E-state index is 13.0. The Balaban J connectivity index is 1.70. The van der Waals surface area contributed by atoms with Gasteiger partial charge in [-0.15, -0.1) is 0 Å². The Kier molecular flexibility index (Phi) is 5.01. The van der Waals surface area contributed by atoms with Gasteiger partial charge in [-0.3, -0.25) is 4.79 Å². The van der Waals surface area contributed by atoms with E-state index in [9.17, 15) is 22.8 Å². The summed E-state index contributed by atoms with van der Waals surface area (Å²) in [5, 5.41) is 9.76. The van der Waals surface area contributed by atoms with Crippen LogP contribution in [-0.2, 0) is 17.5 Å². The van der Waals surface area contributed by atoms with Crippen LogP contribution in [0.5, 0.6) is 0 Å². The topological polar surface area (TPSA) is 116 Å². The molecule has 0 bridgehead atoms. The minimum absolute atomic E-state index is 0.000381. The fraction of sp³-hybridized carbons (Fsp3) is 0.167. The van der Waals surface area contributed by atoms with Crippen LogP contribution in [0.25, 0.3) is 22.6 Å². The number of nitrogens with zero attached hydrogens (tertiary/aromatic N) is 4. The van der Waals surface area contributed by atoms with Crippen molar-refractivity contribution in [3.8, 4) is 22.6 Å². The lowest BCUT2D eigenvalue weighted by atomic mass is 10.1. The molecule has 1 aromatic heterocycles. The Morgan fingerprint density at radius 3 is 2.77 bits per heavy atom. The second-order valence-corrected chi connectivity index (χ2v) is 6.76. The van der Waals surface area contributed by atoms with Crippen LogP contribution in [0.2, 0.25) is 5.02 Å². The zero-order valence-corrected chi connectivity index (χ0v) is 16.3. The molecule has 1 N–H and O–H groups in total. The molecule has 2 aliphatic rings. The number of methoxy groups -OCH3 is 1. The summed E-state index contributed by atoms with van der Waals surface area (Å²) in [5.74, 6) is -0.860. The normalized spacial score (nSPS) is 11.8. The van der Waals surface area contributed by atoms with Crippen LogP contribution < -0.4 is 5.56 Å². The van der Waals surface area contributed by atoms with Gasteiger partial charge in [0.05, 0.1) is 23.3 Å². The fourth-order valence-corrected chi connectivity index (χ4v) is 3.10. The van der Waals surface area contributed by atoms with Crippen molar-refractivity contribution in [3.05, 3.63) is 63.0 Å². The molecule has 160 valence electrons. The summed E-state index contributed by atoms with van der Waals surface area (Å²) in [6, 6.07) is 2.76. The summed E-state index contributed by atoms with van der Waals surface area (Å²) in [6.07, 6.45) is -1.79. The molecule has 9 nitrogen and oxygen atoms in total. The number of rotatable bonds is 4. The number of pyridine rings is 1. The van der Waals surface area contributed by atoms with Crippen molar-refractivity contribution >= 4 is 17.6 Å². The average Bonchev–Trinajstić information content (AvgIpc) is 3.33. The Labute approximate surface area is 175 Å². The minimum atomic E-state index is -4.57. The molecule has 2 aromatic rings. The molecule has 0 saturated carbocycles. The third kappa shape index (κ3) is 3.89. The van der Waals surface area contributed by atoms with Gasteiger partial charge in [-0.25, -0.2) is 9.89 Å². The SMILES string of the molecule is COC(=O)c1cn(Cc2nc(-c3cc(C(F)(F)F)ccc3Cl)no2)cc2c(=O)[nH]nc1-2. The summed E-state index contributed by atoms with van der Waals surface area (Å²) < 4.78 is 50.2. The second-order valence-electron chi connectivity index (χ2n) is 6.35. The Bertz CT molecular complexity index is 1310. The van der Waals surface area contributed by atoms with Crippen molar-refractivity contribution in [2.45, 2.75) is 12.7 Å². The lowest BCUT2D eigenvalue weighted by Crippen LogP contribution is -2.12. The summed E-state index contributed by atoms with van der Waals surface area (Å²) in [7, 11) is 1.18. The molecule has 3 heterocycles. The largest absolute Gasteiger partial charge is 0.465 e. The molecule has 1 aromatic carbocycles. The molecule has 0 unspecified atom stereocenters. The third-order valence-electron chi connectivity index (χ3n) is 4.34. The van der Waals surface area contributed by atoms with Gasteiger partial charge in [0.25, 0.3) is 5.56 Å². The van der Waals surface area contributed by atoms with Crippen molar-refractivity contribution in [3.63, 3.8) is 0 Å². The Morgan fingerprint density at radius 2 is 2.06 bits per heavy atom. The number of carbonyl (C=O) groups is 1. The minimum Gasteiger partial charge on any atom is -0.465 e. The van der Waals surface area contributed by atoms with Gasteiger partial charge >= 0.3 is 12.1 Å². The van der Waals surface area contributed by atoms with E-state index in [0.717, 1.165) is 18.2 Å². The summed E-state index contributed by atoms with van der Waals surface area (Å²) in [4.78, 5) is 28.1. The van der Waals surface area contributed by atoms with E-state index in [4.69, 9.17) is 20.9 Å². The van der Waals surface area contributed by atoms with Gasteiger partial charge in [-0.1, -0.05) is 16.8 Å². The smallest absolute Gasteiger partial charge is 0.416 e. The summed E-state index contributed by atoms with van der Waals surface area (Å²) >= 11 is 6.00. The molecule has 31 heavy (non-hydrogen) atoms. The van der Waals surface area contributed by atoms with E-state index in [1.54, 1.807) is 0 Å². The van der Waals surface area contributed by atoms with Gasteiger partial charge in [-0.2, -0.15) is 23.3 Å². The van der Waals surface area contributed by atoms with Crippen LogP contribution in [0.4, 0.5) is 13.2 Å². The van der Waals surface area contributed by atoms with E-state index in [1.165, 1.54) is 24.1 Å². The van der Waals surface area contributed by atoms with E-state index in [0.29, 0.717) is 0 Å². The number of fused-ring (bicyclic) bond motifs is 1. The van der Waals surface area contributed by atoms with Gasteiger partial charge in [0.15, 0.2) is 0 Å². The van der Waals surface area contributed by atoms with Crippen LogP contribution in [-0.4, -0.2) is 38.0 Å². The Hall–Kier alpha value is -3.67. The molecule has 13 heteroatoms. The number of aromatic amines is 1. The standard InChI is InChI=1S/C18H11ClF3N5O4/c1-30-17(29)11-6-27(5-10-14(11)24-25-16(10)28)7-13-23-15(26-31-13)9-4-8(18(20,21)22)2-3-12(9)19/h2-6H,7H2,1H3,(H,25,28). The molecule has 2 aliphatic heterocycles. The zero-order valence-electron chi connectivity index (χ0n) is 15.5. The van der Waals surface area contributed by atoms with Crippen LogP contribution in [0.1, 0.15) is 21.8 Å². The molecular formula is C18H11ClF3N5O4. The van der Waals surface area contributed by atoms with E-state index < -0.39 is 23.3 Å². The lowest BCUT2D eigenvalue weighted by Gasteiger charge is -2.09. The van der Waals surface area contributed by atoms with Gasteiger partial charge < -0.3 is 13.8 Å². The second kappa shape index (κ2) is 7.54. The summed E-state index contributed by atoms with van der Waals surface area (Å²) in [6.45, 7) is -0.0892. The van der Waals surface area contributed by atoms with Gasteiger partial charge in [0, 0.05) is 18.0 Å². The maximum absolute atomic E-state index is 13.0. The number of alkyl halides is 3.